The number of aromatic nitrogens is 4. The van der Waals surface area contributed by atoms with Gasteiger partial charge in [-0.3, -0.25) is 0 Å². The monoisotopic (exact) mass is 417 g/mol. The molecular formula is C19H18F3N7O. The first-order valence-electron chi connectivity index (χ1n) is 9.21. The Labute approximate surface area is 170 Å². The van der Waals surface area contributed by atoms with Crippen molar-refractivity contribution in [3.05, 3.63) is 60.7 Å². The fourth-order valence-electron chi connectivity index (χ4n) is 3.21. The predicted octanol–water partition coefficient (Wildman–Crippen LogP) is 3.04. The van der Waals surface area contributed by atoms with E-state index in [0.717, 1.165) is 6.07 Å². The second-order valence-electron chi connectivity index (χ2n) is 6.63. The van der Waals surface area contributed by atoms with Crippen LogP contribution in [0.3, 0.4) is 0 Å². The van der Waals surface area contributed by atoms with Gasteiger partial charge in [-0.2, -0.15) is 18.3 Å². The van der Waals surface area contributed by atoms with Gasteiger partial charge in [-0.25, -0.2) is 19.4 Å². The quantitative estimate of drug-likeness (QED) is 0.709. The van der Waals surface area contributed by atoms with Crippen molar-refractivity contribution in [2.45, 2.75) is 6.18 Å². The van der Waals surface area contributed by atoms with Crippen LogP contribution in [0.5, 0.6) is 0 Å². The third kappa shape index (κ3) is 4.19. The summed E-state index contributed by atoms with van der Waals surface area (Å²) in [6.45, 7) is 1.68. The molecule has 0 unspecified atom stereocenters. The second kappa shape index (κ2) is 8.01. The molecule has 3 heterocycles. The molecule has 0 atom stereocenters. The highest BCUT2D eigenvalue weighted by Gasteiger charge is 2.34. The number of rotatable bonds is 3. The van der Waals surface area contributed by atoms with Gasteiger partial charge in [0.25, 0.3) is 0 Å². The molecule has 1 saturated heterocycles. The van der Waals surface area contributed by atoms with Gasteiger partial charge in [0.2, 0.25) is 0 Å². The first kappa shape index (κ1) is 19.7. The van der Waals surface area contributed by atoms with Crippen LogP contribution in [0.2, 0.25) is 0 Å². The van der Waals surface area contributed by atoms with Crippen molar-refractivity contribution < 1.29 is 18.0 Å². The standard InChI is InChI=1S/C19H18F3N7O/c20-19(21,22)14-4-1-2-5-15(14)26-18(30)28-10-8-27(9-11-28)16-12-17(24-13-23-16)29-7-3-6-25-29/h1-7,12-13H,8-11H2,(H,26,30). The number of nitrogens with zero attached hydrogens (tertiary/aromatic N) is 6. The minimum absolute atomic E-state index is 0.253. The van der Waals surface area contributed by atoms with Gasteiger partial charge in [-0.1, -0.05) is 12.1 Å². The van der Waals surface area contributed by atoms with Crippen molar-refractivity contribution in [2.75, 3.05) is 36.4 Å². The average Bonchev–Trinajstić information content (AvgIpc) is 3.29. The number of piperazine rings is 1. The van der Waals surface area contributed by atoms with E-state index in [1.807, 2.05) is 4.90 Å². The molecule has 1 fully saturated rings. The van der Waals surface area contributed by atoms with E-state index < -0.39 is 17.8 Å². The molecule has 156 valence electrons. The Bertz CT molecular complexity index is 1010. The van der Waals surface area contributed by atoms with Crippen molar-refractivity contribution >= 4 is 17.5 Å². The molecule has 1 aliphatic heterocycles. The van der Waals surface area contributed by atoms with Crippen LogP contribution in [-0.2, 0) is 6.18 Å². The smallest absolute Gasteiger partial charge is 0.353 e. The summed E-state index contributed by atoms with van der Waals surface area (Å²) in [6, 6.07) is 7.95. The number of anilines is 2. The maximum Gasteiger partial charge on any atom is 0.418 e. The predicted molar refractivity (Wildman–Crippen MR) is 103 cm³/mol. The van der Waals surface area contributed by atoms with Gasteiger partial charge in [-0.05, 0) is 18.2 Å². The van der Waals surface area contributed by atoms with Crippen LogP contribution >= 0.6 is 0 Å². The first-order chi connectivity index (χ1) is 14.4. The van der Waals surface area contributed by atoms with Crippen molar-refractivity contribution in [1.29, 1.82) is 0 Å². The summed E-state index contributed by atoms with van der Waals surface area (Å²) in [6.07, 6.45) is 0.324. The molecule has 2 amide bonds. The summed E-state index contributed by atoms with van der Waals surface area (Å²) < 4.78 is 41.0. The van der Waals surface area contributed by atoms with Crippen LogP contribution in [0.15, 0.2) is 55.1 Å². The molecule has 0 aliphatic carbocycles. The Balaban J connectivity index is 1.40. The summed E-state index contributed by atoms with van der Waals surface area (Å²) in [5, 5.41) is 6.52. The Kier molecular flexibility index (Phi) is 5.25. The van der Waals surface area contributed by atoms with E-state index in [0.29, 0.717) is 37.8 Å². The molecule has 3 aromatic rings. The number of amides is 2. The number of carbonyl (C=O) groups excluding carboxylic acids is 1. The van der Waals surface area contributed by atoms with Crippen LogP contribution in [0.25, 0.3) is 5.82 Å². The number of nitrogens with one attached hydrogen (secondary N) is 1. The summed E-state index contributed by atoms with van der Waals surface area (Å²) in [4.78, 5) is 24.4. The summed E-state index contributed by atoms with van der Waals surface area (Å²) >= 11 is 0. The number of hydrogen-bond acceptors (Lipinski definition) is 5. The molecule has 0 radical (unpaired) electrons. The Morgan fingerprint density at radius 3 is 2.43 bits per heavy atom. The number of halogens is 3. The number of carbonyl (C=O) groups is 1. The van der Waals surface area contributed by atoms with Gasteiger partial charge in [0.05, 0.1) is 11.3 Å². The fourth-order valence-corrected chi connectivity index (χ4v) is 3.21. The molecule has 1 aliphatic rings. The van der Waals surface area contributed by atoms with Gasteiger partial charge in [0.1, 0.15) is 12.1 Å². The molecule has 0 spiro atoms. The largest absolute Gasteiger partial charge is 0.418 e. The van der Waals surface area contributed by atoms with E-state index in [1.165, 1.54) is 29.4 Å². The fraction of sp³-hybridized carbons (Fsp3) is 0.263. The van der Waals surface area contributed by atoms with Gasteiger partial charge in [-0.15, -0.1) is 0 Å². The van der Waals surface area contributed by atoms with Crippen LogP contribution < -0.4 is 10.2 Å². The highest BCUT2D eigenvalue weighted by Crippen LogP contribution is 2.34. The minimum Gasteiger partial charge on any atom is -0.353 e. The zero-order chi connectivity index (χ0) is 21.1. The number of alkyl halides is 3. The van der Waals surface area contributed by atoms with Crippen LogP contribution in [0.1, 0.15) is 5.56 Å². The maximum atomic E-state index is 13.1. The highest BCUT2D eigenvalue weighted by atomic mass is 19.4. The molecule has 0 saturated carbocycles. The lowest BCUT2D eigenvalue weighted by Gasteiger charge is -2.35. The van der Waals surface area contributed by atoms with Crippen molar-refractivity contribution in [3.63, 3.8) is 0 Å². The summed E-state index contributed by atoms with van der Waals surface area (Å²) in [5.74, 6) is 1.31. The zero-order valence-corrected chi connectivity index (χ0v) is 15.8. The van der Waals surface area contributed by atoms with Gasteiger partial charge in [0.15, 0.2) is 5.82 Å². The molecule has 0 bridgehead atoms. The molecule has 2 aromatic heterocycles. The molecule has 1 N–H and O–H groups in total. The van der Waals surface area contributed by atoms with E-state index in [1.54, 1.807) is 29.2 Å². The van der Waals surface area contributed by atoms with E-state index >= 15 is 0 Å². The third-order valence-electron chi connectivity index (χ3n) is 4.74. The van der Waals surface area contributed by atoms with E-state index in [-0.39, 0.29) is 5.69 Å². The van der Waals surface area contributed by atoms with Crippen LogP contribution in [-0.4, -0.2) is 56.9 Å². The Morgan fingerprint density at radius 2 is 1.73 bits per heavy atom. The lowest BCUT2D eigenvalue weighted by molar-refractivity contribution is -0.136. The van der Waals surface area contributed by atoms with Crippen LogP contribution in [0.4, 0.5) is 29.5 Å². The number of urea groups is 1. The van der Waals surface area contributed by atoms with E-state index in [4.69, 9.17) is 0 Å². The number of hydrogen-bond donors (Lipinski definition) is 1. The molecular weight excluding hydrogens is 399 g/mol. The number of para-hydroxylation sites is 1. The first-order valence-corrected chi connectivity index (χ1v) is 9.21. The lowest BCUT2D eigenvalue weighted by atomic mass is 10.1. The number of benzene rings is 1. The van der Waals surface area contributed by atoms with E-state index in [9.17, 15) is 18.0 Å². The molecule has 1 aromatic carbocycles. The molecule has 11 heteroatoms. The SMILES string of the molecule is O=C(Nc1ccccc1C(F)(F)F)N1CCN(c2cc(-n3cccn3)ncn2)CC1. The van der Waals surface area contributed by atoms with Crippen LogP contribution in [0, 0.1) is 0 Å². The lowest BCUT2D eigenvalue weighted by Crippen LogP contribution is -2.50. The molecule has 8 nitrogen and oxygen atoms in total. The maximum absolute atomic E-state index is 13.1. The van der Waals surface area contributed by atoms with Gasteiger partial charge in [0, 0.05) is 44.6 Å². The van der Waals surface area contributed by atoms with Gasteiger partial charge < -0.3 is 15.1 Å². The normalized spacial score (nSPS) is 14.6. The highest BCUT2D eigenvalue weighted by molar-refractivity contribution is 5.90. The average molecular weight is 417 g/mol. The Hall–Kier alpha value is -3.63. The van der Waals surface area contributed by atoms with E-state index in [2.05, 4.69) is 20.4 Å². The van der Waals surface area contributed by atoms with Crippen molar-refractivity contribution in [3.8, 4) is 5.82 Å². The zero-order valence-electron chi connectivity index (χ0n) is 15.8. The summed E-state index contributed by atoms with van der Waals surface area (Å²) in [5.41, 5.74) is -1.12. The topological polar surface area (TPSA) is 79.2 Å². The molecule has 30 heavy (non-hydrogen) atoms. The van der Waals surface area contributed by atoms with Crippen molar-refractivity contribution in [1.82, 2.24) is 24.6 Å². The second-order valence-corrected chi connectivity index (χ2v) is 6.63. The van der Waals surface area contributed by atoms with Gasteiger partial charge >= 0.3 is 12.2 Å². The summed E-state index contributed by atoms with van der Waals surface area (Å²) in [7, 11) is 0. The minimum atomic E-state index is -4.54. The third-order valence-corrected chi connectivity index (χ3v) is 4.74. The molecule has 4 rings (SSSR count). The van der Waals surface area contributed by atoms with Crippen molar-refractivity contribution in [2.24, 2.45) is 0 Å². The Morgan fingerprint density at radius 1 is 1.00 bits per heavy atom.